The highest BCUT2D eigenvalue weighted by molar-refractivity contribution is 5.44. The van der Waals surface area contributed by atoms with E-state index in [0.29, 0.717) is 6.79 Å². The van der Waals surface area contributed by atoms with Crippen LogP contribution in [0.3, 0.4) is 0 Å². The highest BCUT2D eigenvalue weighted by Gasteiger charge is 2.14. The van der Waals surface area contributed by atoms with Gasteiger partial charge in [0.2, 0.25) is 6.79 Å². The Morgan fingerprint density at radius 2 is 2.26 bits per heavy atom. The second-order valence-electron chi connectivity index (χ2n) is 4.50. The number of hydrogen-bond donors (Lipinski definition) is 2. The molecule has 0 saturated heterocycles. The zero-order chi connectivity index (χ0) is 13.1. The number of fused-ring (bicyclic) bond motifs is 1. The summed E-state index contributed by atoms with van der Waals surface area (Å²) in [7, 11) is 0. The van der Waals surface area contributed by atoms with Crippen LogP contribution in [0.15, 0.2) is 30.6 Å². The Hall–Kier alpha value is -2.01. The topological polar surface area (TPSA) is 59.2 Å². The number of ether oxygens (including phenoxy) is 2. The van der Waals surface area contributed by atoms with Crippen LogP contribution in [0, 0.1) is 0 Å². The van der Waals surface area contributed by atoms with E-state index in [0.717, 1.165) is 30.3 Å². The third-order valence-electron chi connectivity index (χ3n) is 3.25. The summed E-state index contributed by atoms with van der Waals surface area (Å²) < 4.78 is 10.7. The number of nitrogens with one attached hydrogen (secondary N) is 2. The minimum absolute atomic E-state index is 0.237. The third-order valence-corrected chi connectivity index (χ3v) is 3.25. The molecule has 1 aromatic heterocycles. The predicted molar refractivity (Wildman–Crippen MR) is 71.0 cm³/mol. The highest BCUT2D eigenvalue weighted by Crippen LogP contribution is 2.32. The molecule has 1 atom stereocenters. The van der Waals surface area contributed by atoms with Gasteiger partial charge in [-0.25, -0.2) is 4.98 Å². The number of hydrogen-bond acceptors (Lipinski definition) is 4. The standard InChI is InChI=1S/C14H17N3O2/c1-2-11(14-15-5-6-16-14)17-8-10-3-4-12-13(7-10)19-9-18-12/h3-7,11,17H,2,8-9H2,1H3,(H,15,16). The van der Waals surface area contributed by atoms with Crippen LogP contribution in [0.4, 0.5) is 0 Å². The molecule has 2 N–H and O–H groups in total. The van der Waals surface area contributed by atoms with Gasteiger partial charge in [0.05, 0.1) is 6.04 Å². The second kappa shape index (κ2) is 5.32. The molecule has 5 heteroatoms. The van der Waals surface area contributed by atoms with Crippen molar-refractivity contribution in [3.05, 3.63) is 42.0 Å². The first-order chi connectivity index (χ1) is 9.36. The molecule has 100 valence electrons. The number of rotatable bonds is 5. The average molecular weight is 259 g/mol. The first-order valence-electron chi connectivity index (χ1n) is 6.48. The van der Waals surface area contributed by atoms with Crippen LogP contribution < -0.4 is 14.8 Å². The van der Waals surface area contributed by atoms with Crippen LogP contribution >= 0.6 is 0 Å². The molecule has 3 rings (SSSR count). The molecule has 0 amide bonds. The minimum atomic E-state index is 0.237. The van der Waals surface area contributed by atoms with Crippen LogP contribution in [0.25, 0.3) is 0 Å². The van der Waals surface area contributed by atoms with E-state index in [-0.39, 0.29) is 6.04 Å². The van der Waals surface area contributed by atoms with Crippen LogP contribution in [-0.4, -0.2) is 16.8 Å². The Bertz CT molecular complexity index is 540. The SMILES string of the molecule is CCC(NCc1ccc2c(c1)OCO2)c1ncc[nH]1. The monoisotopic (exact) mass is 259 g/mol. The van der Waals surface area contributed by atoms with Crippen molar-refractivity contribution in [3.8, 4) is 11.5 Å². The lowest BCUT2D eigenvalue weighted by Gasteiger charge is -2.14. The fourth-order valence-electron chi connectivity index (χ4n) is 2.19. The summed E-state index contributed by atoms with van der Waals surface area (Å²) in [4.78, 5) is 7.44. The highest BCUT2D eigenvalue weighted by atomic mass is 16.7. The Morgan fingerprint density at radius 1 is 1.37 bits per heavy atom. The maximum atomic E-state index is 5.38. The zero-order valence-corrected chi connectivity index (χ0v) is 10.8. The Morgan fingerprint density at radius 3 is 3.05 bits per heavy atom. The quantitative estimate of drug-likeness (QED) is 0.865. The van der Waals surface area contributed by atoms with Crippen molar-refractivity contribution in [2.24, 2.45) is 0 Å². The van der Waals surface area contributed by atoms with Gasteiger partial charge in [-0.1, -0.05) is 13.0 Å². The molecule has 0 saturated carbocycles. The Balaban J connectivity index is 1.65. The van der Waals surface area contributed by atoms with Crippen LogP contribution in [0.5, 0.6) is 11.5 Å². The van der Waals surface area contributed by atoms with E-state index in [1.807, 2.05) is 18.3 Å². The summed E-state index contributed by atoms with van der Waals surface area (Å²) in [6.07, 6.45) is 4.61. The first kappa shape index (κ1) is 12.0. The number of nitrogens with zero attached hydrogens (tertiary/aromatic N) is 1. The van der Waals surface area contributed by atoms with Crippen molar-refractivity contribution in [2.75, 3.05) is 6.79 Å². The predicted octanol–water partition coefficient (Wildman–Crippen LogP) is 2.38. The third kappa shape index (κ3) is 2.56. The number of aromatic nitrogens is 2. The summed E-state index contributed by atoms with van der Waals surface area (Å²) in [5.41, 5.74) is 1.18. The molecule has 1 aliphatic heterocycles. The first-order valence-corrected chi connectivity index (χ1v) is 6.48. The van der Waals surface area contributed by atoms with Crippen LogP contribution in [-0.2, 0) is 6.54 Å². The van der Waals surface area contributed by atoms with Gasteiger partial charge in [-0.3, -0.25) is 0 Å². The van der Waals surface area contributed by atoms with Gasteiger partial charge < -0.3 is 19.8 Å². The summed E-state index contributed by atoms with van der Waals surface area (Å²) >= 11 is 0. The molecular formula is C14H17N3O2. The van der Waals surface area contributed by atoms with Gasteiger partial charge in [-0.05, 0) is 24.1 Å². The molecule has 0 radical (unpaired) electrons. The molecule has 2 aromatic rings. The molecule has 0 fully saturated rings. The van der Waals surface area contributed by atoms with Crippen molar-refractivity contribution in [1.82, 2.24) is 15.3 Å². The van der Waals surface area contributed by atoms with Gasteiger partial charge >= 0.3 is 0 Å². The molecule has 1 aromatic carbocycles. The van der Waals surface area contributed by atoms with Crippen molar-refractivity contribution in [3.63, 3.8) is 0 Å². The summed E-state index contributed by atoms with van der Waals surface area (Å²) in [6, 6.07) is 6.26. The van der Waals surface area contributed by atoms with E-state index in [4.69, 9.17) is 9.47 Å². The van der Waals surface area contributed by atoms with Crippen molar-refractivity contribution < 1.29 is 9.47 Å². The minimum Gasteiger partial charge on any atom is -0.454 e. The van der Waals surface area contributed by atoms with E-state index in [1.165, 1.54) is 5.56 Å². The smallest absolute Gasteiger partial charge is 0.231 e. The molecule has 5 nitrogen and oxygen atoms in total. The van der Waals surface area contributed by atoms with E-state index < -0.39 is 0 Å². The van der Waals surface area contributed by atoms with E-state index >= 15 is 0 Å². The largest absolute Gasteiger partial charge is 0.454 e. The number of aromatic amines is 1. The molecule has 19 heavy (non-hydrogen) atoms. The van der Waals surface area contributed by atoms with E-state index in [9.17, 15) is 0 Å². The van der Waals surface area contributed by atoms with Gasteiger partial charge in [-0.15, -0.1) is 0 Å². The van der Waals surface area contributed by atoms with Gasteiger partial charge in [0, 0.05) is 18.9 Å². The number of benzene rings is 1. The van der Waals surface area contributed by atoms with Gasteiger partial charge in [0.25, 0.3) is 0 Å². The summed E-state index contributed by atoms with van der Waals surface area (Å²) in [6.45, 7) is 3.23. The molecule has 2 heterocycles. The van der Waals surface area contributed by atoms with Gasteiger partial charge in [0.1, 0.15) is 5.82 Å². The second-order valence-corrected chi connectivity index (χ2v) is 4.50. The summed E-state index contributed by atoms with van der Waals surface area (Å²) in [5, 5.41) is 3.49. The van der Waals surface area contributed by atoms with Crippen molar-refractivity contribution >= 4 is 0 Å². The normalized spacial score (nSPS) is 14.6. The Kier molecular flexibility index (Phi) is 3.37. The zero-order valence-electron chi connectivity index (χ0n) is 10.8. The summed E-state index contributed by atoms with van der Waals surface area (Å²) in [5.74, 6) is 2.62. The fraction of sp³-hybridized carbons (Fsp3) is 0.357. The van der Waals surface area contributed by atoms with Crippen LogP contribution in [0.2, 0.25) is 0 Å². The van der Waals surface area contributed by atoms with Crippen molar-refractivity contribution in [2.45, 2.75) is 25.9 Å². The Labute approximate surface area is 112 Å². The molecule has 1 unspecified atom stereocenters. The molecule has 0 aliphatic carbocycles. The van der Waals surface area contributed by atoms with E-state index in [1.54, 1.807) is 6.20 Å². The van der Waals surface area contributed by atoms with Gasteiger partial charge in [-0.2, -0.15) is 0 Å². The molecule has 0 spiro atoms. The lowest BCUT2D eigenvalue weighted by molar-refractivity contribution is 0.174. The lowest BCUT2D eigenvalue weighted by atomic mass is 10.1. The number of H-pyrrole nitrogens is 1. The maximum Gasteiger partial charge on any atom is 0.231 e. The lowest BCUT2D eigenvalue weighted by Crippen LogP contribution is -2.21. The molecule has 1 aliphatic rings. The van der Waals surface area contributed by atoms with Crippen molar-refractivity contribution in [1.29, 1.82) is 0 Å². The molecular weight excluding hydrogens is 242 g/mol. The number of imidazole rings is 1. The fourth-order valence-corrected chi connectivity index (χ4v) is 2.19. The molecule has 0 bridgehead atoms. The maximum absolute atomic E-state index is 5.38. The average Bonchev–Trinajstić information content (AvgIpc) is 3.10. The van der Waals surface area contributed by atoms with Crippen LogP contribution in [0.1, 0.15) is 30.8 Å². The van der Waals surface area contributed by atoms with E-state index in [2.05, 4.69) is 28.3 Å². The van der Waals surface area contributed by atoms with Gasteiger partial charge in [0.15, 0.2) is 11.5 Å².